The molecule has 0 radical (unpaired) electrons. The average molecular weight is 1960 g/mol. The Hall–Kier alpha value is -15.6. The van der Waals surface area contributed by atoms with Crippen LogP contribution in [0.4, 0.5) is 0 Å². The van der Waals surface area contributed by atoms with Crippen LogP contribution < -0.4 is 22.8 Å². The van der Waals surface area contributed by atoms with Crippen LogP contribution in [0.1, 0.15) is 205 Å². The highest BCUT2D eigenvalue weighted by Gasteiger charge is 2.31. The summed E-state index contributed by atoms with van der Waals surface area (Å²) in [5.74, 6) is 8.89. The Morgan fingerprint density at radius 1 is 0.277 bits per heavy atom. The standard InChI is InChI=1S/2C30H37N4.C28H33N4.2C21H18N3/c1-18-15-19(2)20(3)23(16-18)25-24-17-22(12-11-21(24)13-14-34(25)10)26-31-27(29(4,5)6)33-28(32-26)30(7,8)9;1-18(2)13-27-31-28(14-19(3)4)33-30(32-27)24-10-9-23-11-12-34(8)29(26(23)17-24)25-16-20(5)15-21(6)22(25)7;1-16(2)26-29-27(17(3)4)31-28(30-26)22-10-9-21-11-12-32(8)25(24(21)15-22)23-14-18(5)13-19(6)20(23)7;1-15-7-3-4-9-17(15)21-19-11-5-10-18(16-8-6-12-22-13-16)20(19)23-14-24(21)2;1-15-8-3-4-9-16(15)21-18-11-7-10-17(19-12-5-6-13-22-19)20(18)23-14-24(21)2/h11-17H,1-10H3;9-12,15-19H,13-14H2,1-8H3;9-17H,1-8H3;2*3-14H,1-2H3/q5*+1. The van der Waals surface area contributed by atoms with Crippen LogP contribution in [0.3, 0.4) is 0 Å². The molecule has 0 saturated carbocycles. The summed E-state index contributed by atoms with van der Waals surface area (Å²) >= 11 is 0. The predicted octanol–water partition coefficient (Wildman–Crippen LogP) is 27.8. The number of pyridine rings is 5. The molecule has 0 spiro atoms. The van der Waals surface area contributed by atoms with Gasteiger partial charge in [0.2, 0.25) is 17.1 Å². The molecule has 0 unspecified atom stereocenters. The third-order valence-electron chi connectivity index (χ3n) is 27.7. The zero-order chi connectivity index (χ0) is 106. The Bertz CT molecular complexity index is 8120. The van der Waals surface area contributed by atoms with Gasteiger partial charge in [-0.1, -0.05) is 241 Å². The number of rotatable bonds is 16. The fraction of sp³-hybridized carbons (Fsp3) is 0.292. The molecule has 748 valence electrons. The molecule has 10 aromatic carbocycles. The summed E-state index contributed by atoms with van der Waals surface area (Å²) in [5, 5.41) is 9.54. The smallest absolute Gasteiger partial charge is 0.264 e. The molecule has 10 aromatic heterocycles. The van der Waals surface area contributed by atoms with Gasteiger partial charge in [-0.2, -0.15) is 0 Å². The van der Waals surface area contributed by atoms with E-state index in [0.29, 0.717) is 11.8 Å². The number of nitrogens with zero attached hydrogens (tertiary/aromatic N) is 18. The van der Waals surface area contributed by atoms with Crippen molar-refractivity contribution in [3.8, 4) is 113 Å². The second-order valence-electron chi connectivity index (χ2n) is 43.6. The first-order valence-corrected chi connectivity index (χ1v) is 51.8. The van der Waals surface area contributed by atoms with Gasteiger partial charge in [-0.25, -0.2) is 67.7 Å². The number of hydrogen-bond donors (Lipinski definition) is 0. The van der Waals surface area contributed by atoms with E-state index in [1.165, 1.54) is 150 Å². The number of hydrogen-bond acceptors (Lipinski definition) is 13. The van der Waals surface area contributed by atoms with Crippen LogP contribution in [0.2, 0.25) is 0 Å². The molecule has 0 saturated heterocycles. The molecule has 0 N–H and O–H groups in total. The minimum absolute atomic E-state index is 0.164. The lowest BCUT2D eigenvalue weighted by atomic mass is 9.92. The van der Waals surface area contributed by atoms with Gasteiger partial charge in [0.15, 0.2) is 47.1 Å². The van der Waals surface area contributed by atoms with Crippen molar-refractivity contribution in [1.29, 1.82) is 0 Å². The van der Waals surface area contributed by atoms with Gasteiger partial charge in [0.05, 0.1) is 69.0 Å². The normalized spacial score (nSPS) is 11.6. The highest BCUT2D eigenvalue weighted by atomic mass is 15.1. The molecule has 18 nitrogen and oxygen atoms in total. The van der Waals surface area contributed by atoms with Gasteiger partial charge in [-0.15, -0.1) is 0 Å². The molecule has 0 atom stereocenters. The van der Waals surface area contributed by atoms with Crippen molar-refractivity contribution in [2.45, 2.75) is 209 Å². The van der Waals surface area contributed by atoms with Crippen LogP contribution in [0.15, 0.2) is 274 Å². The van der Waals surface area contributed by atoms with Crippen molar-refractivity contribution in [3.05, 3.63) is 370 Å². The summed E-state index contributed by atoms with van der Waals surface area (Å²) in [6.45, 7) is 54.3. The van der Waals surface area contributed by atoms with Crippen LogP contribution in [0, 0.1) is 88.0 Å². The topological polar surface area (TPSA) is 187 Å². The fourth-order valence-electron chi connectivity index (χ4n) is 19.5. The molecule has 0 amide bonds. The van der Waals surface area contributed by atoms with E-state index in [4.69, 9.17) is 54.8 Å². The van der Waals surface area contributed by atoms with E-state index in [1.54, 1.807) is 6.20 Å². The number of aryl methyl sites for hydroxylation is 13. The van der Waals surface area contributed by atoms with Crippen molar-refractivity contribution >= 4 is 54.1 Å². The molecule has 20 rings (SSSR count). The predicted molar refractivity (Wildman–Crippen MR) is 606 cm³/mol. The van der Waals surface area contributed by atoms with E-state index in [-0.39, 0.29) is 22.7 Å². The van der Waals surface area contributed by atoms with Crippen LogP contribution in [-0.2, 0) is 58.9 Å². The Morgan fingerprint density at radius 2 is 0.649 bits per heavy atom. The number of benzene rings is 10. The summed E-state index contributed by atoms with van der Waals surface area (Å²) in [7, 11) is 10.5. The summed E-state index contributed by atoms with van der Waals surface area (Å²) in [6.07, 6.45) is 17.4. The lowest BCUT2D eigenvalue weighted by Crippen LogP contribution is -2.31. The first kappa shape index (κ1) is 105. The van der Waals surface area contributed by atoms with Gasteiger partial charge in [0.25, 0.3) is 12.7 Å². The van der Waals surface area contributed by atoms with Crippen molar-refractivity contribution in [3.63, 3.8) is 0 Å². The second-order valence-corrected chi connectivity index (χ2v) is 43.6. The van der Waals surface area contributed by atoms with Gasteiger partial charge in [0, 0.05) is 111 Å². The van der Waals surface area contributed by atoms with Crippen molar-refractivity contribution in [2.75, 3.05) is 0 Å². The van der Waals surface area contributed by atoms with E-state index in [1.807, 2.05) is 63.4 Å². The minimum Gasteiger partial charge on any atom is -0.264 e. The van der Waals surface area contributed by atoms with Gasteiger partial charge >= 0.3 is 0 Å². The largest absolute Gasteiger partial charge is 0.287 e. The maximum Gasteiger partial charge on any atom is 0.287 e. The quantitative estimate of drug-likeness (QED) is 0.0832. The molecule has 0 bridgehead atoms. The summed E-state index contributed by atoms with van der Waals surface area (Å²) in [5.41, 5.74) is 35.4. The molecular weight excluding hydrogens is 1810 g/mol. The van der Waals surface area contributed by atoms with E-state index >= 15 is 0 Å². The zero-order valence-electron chi connectivity index (χ0n) is 92.3. The highest BCUT2D eigenvalue weighted by molar-refractivity contribution is 6.03. The molecule has 10 heterocycles. The minimum atomic E-state index is -0.164. The van der Waals surface area contributed by atoms with Crippen molar-refractivity contribution < 1.29 is 22.8 Å². The Kier molecular flexibility index (Phi) is 31.6. The Morgan fingerprint density at radius 3 is 1.02 bits per heavy atom. The zero-order valence-corrected chi connectivity index (χ0v) is 92.3. The lowest BCUT2D eigenvalue weighted by molar-refractivity contribution is -0.662. The first-order chi connectivity index (χ1) is 70.5. The molecule has 0 aliphatic carbocycles. The van der Waals surface area contributed by atoms with Crippen LogP contribution in [-0.4, -0.2) is 64.8 Å². The molecule has 20 aromatic rings. The highest BCUT2D eigenvalue weighted by Crippen LogP contribution is 2.41. The molecule has 148 heavy (non-hydrogen) atoms. The summed E-state index contributed by atoms with van der Waals surface area (Å²) in [4.78, 5) is 61.8. The number of para-hydroxylation sites is 2. The molecule has 0 fully saturated rings. The fourth-order valence-corrected chi connectivity index (χ4v) is 19.5. The Balaban J connectivity index is 0.000000133. The average Bonchev–Trinajstić information content (AvgIpc) is 0.777. The first-order valence-electron chi connectivity index (χ1n) is 51.8. The second kappa shape index (κ2) is 44.4. The van der Waals surface area contributed by atoms with Crippen molar-refractivity contribution in [1.82, 2.24) is 64.8 Å². The van der Waals surface area contributed by atoms with E-state index in [2.05, 4.69) is 446 Å². The number of aromatic nitrogens is 18. The third-order valence-corrected chi connectivity index (χ3v) is 27.7. The van der Waals surface area contributed by atoms with E-state index in [0.717, 1.165) is 126 Å². The lowest BCUT2D eigenvalue weighted by Gasteiger charge is -2.22. The monoisotopic (exact) mass is 1960 g/mol. The van der Waals surface area contributed by atoms with Gasteiger partial charge in [-0.05, 0) is 237 Å². The van der Waals surface area contributed by atoms with Gasteiger partial charge in [-0.3, -0.25) is 9.97 Å². The number of fused-ring (bicyclic) bond motifs is 5. The van der Waals surface area contributed by atoms with Crippen LogP contribution in [0.5, 0.6) is 0 Å². The molecule has 0 aliphatic heterocycles. The molecule has 18 heteroatoms. The SMILES string of the molecule is Cc1cc(C)c(C)c(-c2c3cc(-c4nc(C(C)(C)C)nc(C(C)(C)C)n4)ccc3cc[n+]2C)c1.Cc1cc(C)c(C)c(-c2c3cc(-c4nc(C(C)C)nc(C(C)C)n4)ccc3cc[n+]2C)c1.Cc1cc(C)c(C)c(-c2c3cc(-c4nc(CC(C)C)nc(CC(C)C)n4)ccc3cc[n+]2C)c1.Cc1ccccc1-c1c2cccc(-c3ccccn3)c2nc[n+]1C.Cc1ccccc1-c1c2cccc(-c3cccnc3)c2nc[n+]1C. The van der Waals surface area contributed by atoms with Crippen molar-refractivity contribution in [2.24, 2.45) is 47.1 Å². The maximum absolute atomic E-state index is 4.94. The van der Waals surface area contributed by atoms with Gasteiger partial charge in [0.1, 0.15) is 67.5 Å². The summed E-state index contributed by atoms with van der Waals surface area (Å²) in [6, 6.07) is 79.5. The van der Waals surface area contributed by atoms with E-state index < -0.39 is 0 Å². The third kappa shape index (κ3) is 23.3. The molecular formula is C130H143N18+5. The molecule has 0 aliphatic rings. The Labute approximate surface area is 875 Å². The van der Waals surface area contributed by atoms with Gasteiger partial charge < -0.3 is 0 Å². The summed E-state index contributed by atoms with van der Waals surface area (Å²) < 4.78 is 10.9. The van der Waals surface area contributed by atoms with E-state index in [9.17, 15) is 0 Å². The van der Waals surface area contributed by atoms with Crippen LogP contribution in [0.25, 0.3) is 167 Å². The van der Waals surface area contributed by atoms with Crippen LogP contribution >= 0.6 is 0 Å². The maximum atomic E-state index is 4.94.